The molecule has 0 heterocycles. The van der Waals surface area contributed by atoms with Gasteiger partial charge in [-0.15, -0.1) is 0 Å². The number of unbranched alkanes of at least 4 members (excludes halogenated alkanes) is 10. The molecule has 0 aliphatic rings. The van der Waals surface area contributed by atoms with E-state index in [-0.39, 0.29) is 5.91 Å². The summed E-state index contributed by atoms with van der Waals surface area (Å²) < 4.78 is 0. The first-order valence-corrected chi connectivity index (χ1v) is 11.2. The van der Waals surface area contributed by atoms with Crippen molar-refractivity contribution in [3.8, 4) is 0 Å². The van der Waals surface area contributed by atoms with E-state index >= 15 is 0 Å². The number of rotatable bonds is 13. The highest BCUT2D eigenvalue weighted by molar-refractivity contribution is 7.80. The average molecular weight is 411 g/mol. The number of halogens is 1. The fourth-order valence-corrected chi connectivity index (χ4v) is 3.43. The molecule has 0 atom stereocenters. The molecule has 0 unspecified atom stereocenters. The molecule has 0 aliphatic heterocycles. The molecule has 152 valence electrons. The maximum atomic E-state index is 12.0. The second-order valence-electron chi connectivity index (χ2n) is 7.20. The maximum absolute atomic E-state index is 12.0. The number of anilines is 1. The normalized spacial score (nSPS) is 10.6. The molecule has 0 aromatic heterocycles. The summed E-state index contributed by atoms with van der Waals surface area (Å²) in [5.74, 6) is -0.0249. The van der Waals surface area contributed by atoms with Crippen molar-refractivity contribution in [3.63, 3.8) is 0 Å². The molecule has 0 saturated carbocycles. The van der Waals surface area contributed by atoms with Gasteiger partial charge in [0.25, 0.3) is 0 Å². The van der Waals surface area contributed by atoms with Crippen LogP contribution in [0.2, 0.25) is 5.02 Å². The Kier molecular flexibility index (Phi) is 13.2. The first-order valence-electron chi connectivity index (χ1n) is 10.4. The lowest BCUT2D eigenvalue weighted by Crippen LogP contribution is -2.34. The lowest BCUT2D eigenvalue weighted by Gasteiger charge is -2.12. The number of thiocarbonyl (C=S) groups is 1. The van der Waals surface area contributed by atoms with Crippen molar-refractivity contribution in [1.29, 1.82) is 0 Å². The van der Waals surface area contributed by atoms with Crippen LogP contribution in [0.5, 0.6) is 0 Å². The summed E-state index contributed by atoms with van der Waals surface area (Å²) in [6.45, 7) is 4.17. The molecule has 0 spiro atoms. The fraction of sp³-hybridized carbons (Fsp3) is 0.636. The van der Waals surface area contributed by atoms with Gasteiger partial charge < -0.3 is 10.6 Å². The zero-order valence-corrected chi connectivity index (χ0v) is 18.5. The highest BCUT2D eigenvalue weighted by atomic mass is 35.5. The summed E-state index contributed by atoms with van der Waals surface area (Å²) in [6, 6.07) is 5.58. The van der Waals surface area contributed by atoms with E-state index in [4.69, 9.17) is 23.8 Å². The SMILES string of the molecule is CCCCCCCCCCCCCC(=O)NC(=S)Nc1cccc(Cl)c1C. The summed E-state index contributed by atoms with van der Waals surface area (Å²) in [7, 11) is 0. The largest absolute Gasteiger partial charge is 0.332 e. The number of nitrogens with one attached hydrogen (secondary N) is 2. The molecule has 2 N–H and O–H groups in total. The summed E-state index contributed by atoms with van der Waals surface area (Å²) in [6.07, 6.45) is 14.6. The van der Waals surface area contributed by atoms with E-state index in [2.05, 4.69) is 17.6 Å². The molecular weight excluding hydrogens is 376 g/mol. The van der Waals surface area contributed by atoms with Gasteiger partial charge in [0, 0.05) is 17.1 Å². The van der Waals surface area contributed by atoms with Crippen molar-refractivity contribution < 1.29 is 4.79 Å². The van der Waals surface area contributed by atoms with Crippen LogP contribution in [0.4, 0.5) is 5.69 Å². The predicted octanol–water partition coefficient (Wildman–Crippen LogP) is 7.16. The minimum absolute atomic E-state index is 0.0249. The van der Waals surface area contributed by atoms with Gasteiger partial charge in [-0.1, -0.05) is 88.8 Å². The molecule has 0 radical (unpaired) electrons. The van der Waals surface area contributed by atoms with E-state index in [1.807, 2.05) is 25.1 Å². The molecular formula is C22H35ClN2OS. The summed E-state index contributed by atoms with van der Waals surface area (Å²) in [5, 5.41) is 6.79. The maximum Gasteiger partial charge on any atom is 0.226 e. The molecule has 0 saturated heterocycles. The van der Waals surface area contributed by atoms with Crippen LogP contribution in [-0.4, -0.2) is 11.0 Å². The van der Waals surface area contributed by atoms with Gasteiger partial charge in [0.05, 0.1) is 0 Å². The number of carbonyl (C=O) groups excluding carboxylic acids is 1. The monoisotopic (exact) mass is 410 g/mol. The molecule has 0 aliphatic carbocycles. The first-order chi connectivity index (χ1) is 13.0. The molecule has 3 nitrogen and oxygen atoms in total. The third-order valence-corrected chi connectivity index (χ3v) is 5.39. The van der Waals surface area contributed by atoms with Crippen molar-refractivity contribution in [3.05, 3.63) is 28.8 Å². The zero-order valence-electron chi connectivity index (χ0n) is 16.9. The van der Waals surface area contributed by atoms with Gasteiger partial charge in [-0.25, -0.2) is 0 Å². The van der Waals surface area contributed by atoms with Crippen molar-refractivity contribution >= 4 is 40.5 Å². The second kappa shape index (κ2) is 14.9. The Hall–Kier alpha value is -1.13. The van der Waals surface area contributed by atoms with Crippen LogP contribution in [0.3, 0.4) is 0 Å². The summed E-state index contributed by atoms with van der Waals surface area (Å²) >= 11 is 11.3. The minimum atomic E-state index is -0.0249. The zero-order chi connectivity index (χ0) is 19.9. The van der Waals surface area contributed by atoms with Crippen LogP contribution >= 0.6 is 23.8 Å². The van der Waals surface area contributed by atoms with E-state index in [1.54, 1.807) is 0 Å². The average Bonchev–Trinajstić information content (AvgIpc) is 2.63. The van der Waals surface area contributed by atoms with Crippen LogP contribution < -0.4 is 10.6 Å². The quantitative estimate of drug-likeness (QED) is 0.267. The van der Waals surface area contributed by atoms with Crippen LogP contribution in [0.1, 0.15) is 89.5 Å². The molecule has 1 aromatic carbocycles. The van der Waals surface area contributed by atoms with Crippen molar-refractivity contribution in [2.75, 3.05) is 5.32 Å². The van der Waals surface area contributed by atoms with Gasteiger partial charge in [0.2, 0.25) is 5.91 Å². The number of amides is 1. The Morgan fingerprint density at radius 1 is 0.963 bits per heavy atom. The molecule has 27 heavy (non-hydrogen) atoms. The topological polar surface area (TPSA) is 41.1 Å². The van der Waals surface area contributed by atoms with E-state index in [0.717, 1.165) is 24.1 Å². The lowest BCUT2D eigenvalue weighted by molar-refractivity contribution is -0.119. The van der Waals surface area contributed by atoms with Gasteiger partial charge in [-0.2, -0.15) is 0 Å². The Morgan fingerprint density at radius 2 is 1.52 bits per heavy atom. The van der Waals surface area contributed by atoms with Gasteiger partial charge in [-0.05, 0) is 43.3 Å². The van der Waals surface area contributed by atoms with Crippen molar-refractivity contribution in [1.82, 2.24) is 5.32 Å². The first kappa shape index (κ1) is 23.9. The van der Waals surface area contributed by atoms with E-state index in [9.17, 15) is 4.79 Å². The molecule has 1 rings (SSSR count). The van der Waals surface area contributed by atoms with E-state index in [0.29, 0.717) is 16.6 Å². The Morgan fingerprint density at radius 3 is 2.11 bits per heavy atom. The van der Waals surface area contributed by atoms with Gasteiger partial charge in [-0.3, -0.25) is 4.79 Å². The smallest absolute Gasteiger partial charge is 0.226 e. The molecule has 1 aromatic rings. The predicted molar refractivity (Wildman–Crippen MR) is 122 cm³/mol. The summed E-state index contributed by atoms with van der Waals surface area (Å²) in [4.78, 5) is 12.0. The fourth-order valence-electron chi connectivity index (χ4n) is 3.04. The number of benzene rings is 1. The van der Waals surface area contributed by atoms with Crippen LogP contribution in [-0.2, 0) is 4.79 Å². The highest BCUT2D eigenvalue weighted by Crippen LogP contribution is 2.22. The van der Waals surface area contributed by atoms with Crippen molar-refractivity contribution in [2.24, 2.45) is 0 Å². The Balaban J connectivity index is 2.04. The van der Waals surface area contributed by atoms with Gasteiger partial charge in [0.15, 0.2) is 5.11 Å². The second-order valence-corrected chi connectivity index (χ2v) is 8.02. The lowest BCUT2D eigenvalue weighted by atomic mass is 10.1. The molecule has 0 bridgehead atoms. The van der Waals surface area contributed by atoms with E-state index < -0.39 is 0 Å². The summed E-state index contributed by atoms with van der Waals surface area (Å²) in [5.41, 5.74) is 1.74. The minimum Gasteiger partial charge on any atom is -0.332 e. The van der Waals surface area contributed by atoms with E-state index in [1.165, 1.54) is 57.8 Å². The van der Waals surface area contributed by atoms with Crippen molar-refractivity contribution in [2.45, 2.75) is 90.9 Å². The number of hydrogen-bond acceptors (Lipinski definition) is 2. The number of carbonyl (C=O) groups is 1. The van der Waals surface area contributed by atoms with Gasteiger partial charge in [0.1, 0.15) is 0 Å². The highest BCUT2D eigenvalue weighted by Gasteiger charge is 2.07. The van der Waals surface area contributed by atoms with Crippen LogP contribution in [0.15, 0.2) is 18.2 Å². The van der Waals surface area contributed by atoms with Crippen LogP contribution in [0.25, 0.3) is 0 Å². The molecule has 1 amide bonds. The standard InChI is InChI=1S/C22H35ClN2OS/c1-3-4-5-6-7-8-9-10-11-12-13-17-21(26)25-22(27)24-20-16-14-15-19(23)18(20)2/h14-16H,3-13,17H2,1-2H3,(H2,24,25,26,27). The Bertz CT molecular complexity index is 577. The third-order valence-electron chi connectivity index (χ3n) is 4.78. The molecule has 5 heteroatoms. The third kappa shape index (κ3) is 11.3. The Labute approximate surface area is 175 Å². The number of hydrogen-bond donors (Lipinski definition) is 2. The van der Waals surface area contributed by atoms with Gasteiger partial charge >= 0.3 is 0 Å². The molecule has 0 fully saturated rings. The van der Waals surface area contributed by atoms with Crippen LogP contribution in [0, 0.1) is 6.92 Å².